The molecule has 0 aliphatic carbocycles. The minimum Gasteiger partial charge on any atom is -0.451 e. The summed E-state index contributed by atoms with van der Waals surface area (Å²) in [6, 6.07) is 8.67. The number of carbonyl (C=O) groups excluding carboxylic acids is 2. The zero-order valence-corrected chi connectivity index (χ0v) is 9.86. The number of halogens is 1. The fourth-order valence-electron chi connectivity index (χ4n) is 1.08. The Kier molecular flexibility index (Phi) is 4.49. The SMILES string of the molecule is CC(Br)OC(=O)CC(=O)c1ccccc1. The zero-order chi connectivity index (χ0) is 11.3. The number of ether oxygens (including phenoxy) is 1. The van der Waals surface area contributed by atoms with E-state index in [-0.39, 0.29) is 17.2 Å². The number of hydrogen-bond acceptors (Lipinski definition) is 3. The number of hydrogen-bond donors (Lipinski definition) is 0. The van der Waals surface area contributed by atoms with Crippen molar-refractivity contribution in [3.63, 3.8) is 0 Å². The molecule has 0 radical (unpaired) electrons. The van der Waals surface area contributed by atoms with Crippen molar-refractivity contribution in [1.29, 1.82) is 0 Å². The van der Waals surface area contributed by atoms with Gasteiger partial charge in [0, 0.05) is 5.56 Å². The smallest absolute Gasteiger partial charge is 0.314 e. The van der Waals surface area contributed by atoms with Gasteiger partial charge in [-0.25, -0.2) is 0 Å². The van der Waals surface area contributed by atoms with Crippen LogP contribution in [0, 0.1) is 0 Å². The normalized spacial score (nSPS) is 11.9. The van der Waals surface area contributed by atoms with E-state index < -0.39 is 5.97 Å². The largest absolute Gasteiger partial charge is 0.451 e. The van der Waals surface area contributed by atoms with Gasteiger partial charge >= 0.3 is 5.97 Å². The van der Waals surface area contributed by atoms with Crippen molar-refractivity contribution in [2.24, 2.45) is 0 Å². The summed E-state index contributed by atoms with van der Waals surface area (Å²) in [5, 5.41) is -0.367. The van der Waals surface area contributed by atoms with Crippen molar-refractivity contribution in [1.82, 2.24) is 0 Å². The summed E-state index contributed by atoms with van der Waals surface area (Å²) in [6.45, 7) is 1.67. The molecule has 0 heterocycles. The van der Waals surface area contributed by atoms with Crippen molar-refractivity contribution >= 4 is 27.7 Å². The molecule has 1 aromatic rings. The van der Waals surface area contributed by atoms with Gasteiger partial charge < -0.3 is 4.74 Å². The molecule has 1 aromatic carbocycles. The minimum atomic E-state index is -0.520. The van der Waals surface area contributed by atoms with Gasteiger partial charge in [0.25, 0.3) is 0 Å². The number of ketones is 1. The first kappa shape index (κ1) is 11.9. The van der Waals surface area contributed by atoms with E-state index in [1.165, 1.54) is 0 Å². The molecule has 80 valence electrons. The molecule has 15 heavy (non-hydrogen) atoms. The summed E-state index contributed by atoms with van der Waals surface area (Å²) in [5.41, 5.74) is 0.525. The lowest BCUT2D eigenvalue weighted by molar-refractivity contribution is -0.143. The molecule has 0 saturated heterocycles. The van der Waals surface area contributed by atoms with Crippen LogP contribution in [0.1, 0.15) is 23.7 Å². The van der Waals surface area contributed by atoms with Crippen molar-refractivity contribution in [2.75, 3.05) is 0 Å². The van der Waals surface area contributed by atoms with Crippen LogP contribution in [0.3, 0.4) is 0 Å². The van der Waals surface area contributed by atoms with Crippen LogP contribution in [0.2, 0.25) is 0 Å². The third-order valence-electron chi connectivity index (χ3n) is 1.69. The second-order valence-electron chi connectivity index (χ2n) is 3.00. The van der Waals surface area contributed by atoms with E-state index in [1.807, 2.05) is 6.07 Å². The van der Waals surface area contributed by atoms with Crippen LogP contribution in [0.15, 0.2) is 30.3 Å². The van der Waals surface area contributed by atoms with Gasteiger partial charge in [-0.2, -0.15) is 0 Å². The number of esters is 1. The first-order valence-corrected chi connectivity index (χ1v) is 5.43. The van der Waals surface area contributed by atoms with Gasteiger partial charge in [0.05, 0.1) is 0 Å². The van der Waals surface area contributed by atoms with Crippen molar-refractivity contribution in [3.8, 4) is 0 Å². The van der Waals surface area contributed by atoms with Crippen molar-refractivity contribution < 1.29 is 14.3 Å². The molecule has 4 heteroatoms. The molecule has 3 nitrogen and oxygen atoms in total. The van der Waals surface area contributed by atoms with Crippen LogP contribution in [-0.2, 0) is 9.53 Å². The number of rotatable bonds is 4. The second kappa shape index (κ2) is 5.66. The van der Waals surface area contributed by atoms with Crippen LogP contribution in [0.4, 0.5) is 0 Å². The number of Topliss-reactive ketones (excluding diaryl/α,β-unsaturated/α-hetero) is 1. The number of carbonyl (C=O) groups is 2. The highest BCUT2D eigenvalue weighted by molar-refractivity contribution is 9.09. The Bertz CT molecular complexity index is 346. The van der Waals surface area contributed by atoms with Gasteiger partial charge in [-0.3, -0.25) is 9.59 Å². The Morgan fingerprint density at radius 1 is 1.33 bits per heavy atom. The lowest BCUT2D eigenvalue weighted by Gasteiger charge is -2.05. The van der Waals surface area contributed by atoms with E-state index in [0.29, 0.717) is 5.56 Å². The Balaban J connectivity index is 2.53. The first-order valence-electron chi connectivity index (χ1n) is 4.51. The summed E-state index contributed by atoms with van der Waals surface area (Å²) in [5.74, 6) is -0.748. The van der Waals surface area contributed by atoms with Crippen LogP contribution in [0.5, 0.6) is 0 Å². The molecule has 0 aromatic heterocycles. The van der Waals surface area contributed by atoms with E-state index in [4.69, 9.17) is 4.74 Å². The van der Waals surface area contributed by atoms with E-state index in [9.17, 15) is 9.59 Å². The lowest BCUT2D eigenvalue weighted by atomic mass is 10.1. The summed E-state index contributed by atoms with van der Waals surface area (Å²) in [6.07, 6.45) is -0.222. The summed E-state index contributed by atoms with van der Waals surface area (Å²) in [7, 11) is 0. The van der Waals surface area contributed by atoms with E-state index in [1.54, 1.807) is 31.2 Å². The zero-order valence-electron chi connectivity index (χ0n) is 8.27. The van der Waals surface area contributed by atoms with Gasteiger partial charge in [0.2, 0.25) is 0 Å². The van der Waals surface area contributed by atoms with Crippen molar-refractivity contribution in [2.45, 2.75) is 18.4 Å². The molecule has 0 spiro atoms. The molecular formula is C11H11BrO3. The second-order valence-corrected chi connectivity index (χ2v) is 4.29. The summed E-state index contributed by atoms with van der Waals surface area (Å²) in [4.78, 5) is 22.7. The molecule has 1 atom stereocenters. The molecule has 0 bridgehead atoms. The van der Waals surface area contributed by atoms with Crippen LogP contribution in [0.25, 0.3) is 0 Å². The maximum atomic E-state index is 11.5. The molecule has 0 fully saturated rings. The fourth-order valence-corrected chi connectivity index (χ4v) is 1.29. The first-order chi connectivity index (χ1) is 7.09. The summed E-state index contributed by atoms with van der Waals surface area (Å²) < 4.78 is 4.80. The predicted molar refractivity (Wildman–Crippen MR) is 59.9 cm³/mol. The van der Waals surface area contributed by atoms with Gasteiger partial charge in [0.1, 0.15) is 6.42 Å². The van der Waals surface area contributed by atoms with E-state index in [0.717, 1.165) is 0 Å². The van der Waals surface area contributed by atoms with E-state index >= 15 is 0 Å². The monoisotopic (exact) mass is 270 g/mol. The Labute approximate surface area is 96.6 Å². The predicted octanol–water partition coefficient (Wildman–Crippen LogP) is 2.54. The molecule has 0 aliphatic rings. The molecule has 0 saturated carbocycles. The molecule has 0 aliphatic heterocycles. The third-order valence-corrected chi connectivity index (χ3v) is 1.88. The number of alkyl halides is 1. The lowest BCUT2D eigenvalue weighted by Crippen LogP contribution is -2.14. The average molecular weight is 271 g/mol. The Hall–Kier alpha value is -1.16. The van der Waals surface area contributed by atoms with Gasteiger partial charge in [-0.1, -0.05) is 30.3 Å². The molecule has 1 unspecified atom stereocenters. The Morgan fingerprint density at radius 3 is 2.47 bits per heavy atom. The quantitative estimate of drug-likeness (QED) is 0.366. The third kappa shape index (κ3) is 4.25. The number of benzene rings is 1. The molecule has 0 amide bonds. The molecule has 0 N–H and O–H groups in total. The van der Waals surface area contributed by atoms with Crippen molar-refractivity contribution in [3.05, 3.63) is 35.9 Å². The fraction of sp³-hybridized carbons (Fsp3) is 0.273. The van der Waals surface area contributed by atoms with Gasteiger partial charge in [0.15, 0.2) is 10.8 Å². The van der Waals surface area contributed by atoms with E-state index in [2.05, 4.69) is 15.9 Å². The van der Waals surface area contributed by atoms with Gasteiger partial charge in [-0.05, 0) is 22.9 Å². The molecular weight excluding hydrogens is 260 g/mol. The van der Waals surface area contributed by atoms with Crippen LogP contribution >= 0.6 is 15.9 Å². The van der Waals surface area contributed by atoms with Crippen LogP contribution < -0.4 is 0 Å². The molecule has 1 rings (SSSR count). The topological polar surface area (TPSA) is 43.4 Å². The standard InChI is InChI=1S/C11H11BrO3/c1-8(12)15-11(14)7-10(13)9-5-3-2-4-6-9/h2-6,8H,7H2,1H3. The average Bonchev–Trinajstić information content (AvgIpc) is 2.17. The minimum absolute atomic E-state index is 0.222. The highest BCUT2D eigenvalue weighted by atomic mass is 79.9. The Morgan fingerprint density at radius 2 is 1.93 bits per heavy atom. The highest BCUT2D eigenvalue weighted by Gasteiger charge is 2.13. The maximum Gasteiger partial charge on any atom is 0.314 e. The maximum absolute atomic E-state index is 11.5. The highest BCUT2D eigenvalue weighted by Crippen LogP contribution is 2.06. The van der Waals surface area contributed by atoms with Crippen LogP contribution in [-0.4, -0.2) is 16.8 Å². The van der Waals surface area contributed by atoms with Gasteiger partial charge in [-0.15, -0.1) is 0 Å². The summed E-state index contributed by atoms with van der Waals surface area (Å²) >= 11 is 3.07.